The number of imidazole rings is 1. The first-order valence-electron chi connectivity index (χ1n) is 9.35. The number of methoxy groups -OCH3 is 1. The smallest absolute Gasteiger partial charge is 0.328 e. The quantitative estimate of drug-likeness (QED) is 0.607. The molecule has 1 aliphatic rings. The van der Waals surface area contributed by atoms with E-state index in [4.69, 9.17) is 4.74 Å². The minimum Gasteiger partial charge on any atom is -0.496 e. The molecule has 1 fully saturated rings. The molecule has 148 valence electrons. The maximum atomic E-state index is 13.3. The van der Waals surface area contributed by atoms with E-state index in [2.05, 4.69) is 4.98 Å². The molecule has 2 heterocycles. The molecule has 3 amide bonds. The van der Waals surface area contributed by atoms with E-state index < -0.39 is 6.04 Å². The van der Waals surface area contributed by atoms with Gasteiger partial charge in [-0.2, -0.15) is 0 Å². The van der Waals surface area contributed by atoms with Crippen molar-refractivity contribution in [3.05, 3.63) is 83.9 Å². The number of nitrogens with zero attached hydrogens (tertiary/aromatic N) is 4. The van der Waals surface area contributed by atoms with Crippen LogP contribution in [0.4, 0.5) is 4.79 Å². The van der Waals surface area contributed by atoms with Gasteiger partial charge >= 0.3 is 6.03 Å². The molecule has 0 spiro atoms. The molecule has 7 heteroatoms. The molecule has 0 saturated carbocycles. The molecule has 0 aliphatic carbocycles. The van der Waals surface area contributed by atoms with Gasteiger partial charge < -0.3 is 14.2 Å². The van der Waals surface area contributed by atoms with Gasteiger partial charge in [0.15, 0.2) is 0 Å². The molecule has 0 N–H and O–H groups in total. The maximum absolute atomic E-state index is 13.3. The molecule has 0 radical (unpaired) electrons. The van der Waals surface area contributed by atoms with Crippen LogP contribution in [0.2, 0.25) is 0 Å². The van der Waals surface area contributed by atoms with E-state index in [0.29, 0.717) is 23.7 Å². The molecular weight excluding hydrogens is 368 g/mol. The highest BCUT2D eigenvalue weighted by Gasteiger charge is 2.43. The summed E-state index contributed by atoms with van der Waals surface area (Å²) in [5.41, 5.74) is 1.69. The van der Waals surface area contributed by atoms with Crippen molar-refractivity contribution >= 4 is 11.9 Å². The van der Waals surface area contributed by atoms with E-state index >= 15 is 0 Å². The summed E-state index contributed by atoms with van der Waals surface area (Å²) in [6.45, 7) is 0.408. The maximum Gasteiger partial charge on any atom is 0.328 e. The summed E-state index contributed by atoms with van der Waals surface area (Å²) in [7, 11) is 3.42. The van der Waals surface area contributed by atoms with E-state index in [1.807, 2.05) is 66.2 Å². The average molecular weight is 390 g/mol. The zero-order chi connectivity index (χ0) is 20.4. The van der Waals surface area contributed by atoms with Gasteiger partial charge in [0.1, 0.15) is 24.2 Å². The Labute approximate surface area is 169 Å². The van der Waals surface area contributed by atoms with Crippen molar-refractivity contribution in [2.75, 3.05) is 13.7 Å². The molecule has 0 unspecified atom stereocenters. The van der Waals surface area contributed by atoms with Crippen LogP contribution in [0, 0.1) is 0 Å². The van der Waals surface area contributed by atoms with Gasteiger partial charge in [-0.3, -0.25) is 4.79 Å². The number of imide groups is 1. The van der Waals surface area contributed by atoms with Gasteiger partial charge in [-0.15, -0.1) is 0 Å². The number of urea groups is 1. The Bertz CT molecular complexity index is 1030. The van der Waals surface area contributed by atoms with Crippen molar-refractivity contribution in [3.63, 3.8) is 0 Å². The van der Waals surface area contributed by atoms with Crippen LogP contribution in [0.1, 0.15) is 23.0 Å². The Morgan fingerprint density at radius 3 is 2.48 bits per heavy atom. The van der Waals surface area contributed by atoms with Gasteiger partial charge in [-0.05, 0) is 11.6 Å². The number of hydrogen-bond donors (Lipinski definition) is 0. The first kappa shape index (κ1) is 18.7. The van der Waals surface area contributed by atoms with Crippen LogP contribution in [0.25, 0.3) is 0 Å². The number of aryl methyl sites for hydroxylation is 1. The fourth-order valence-corrected chi connectivity index (χ4v) is 3.67. The van der Waals surface area contributed by atoms with Gasteiger partial charge in [0.25, 0.3) is 5.91 Å². The highest BCUT2D eigenvalue weighted by Crippen LogP contribution is 2.36. The Kier molecular flexibility index (Phi) is 5.03. The predicted octanol–water partition coefficient (Wildman–Crippen LogP) is 2.98. The lowest BCUT2D eigenvalue weighted by Crippen LogP contribution is -2.38. The molecule has 7 nitrogen and oxygen atoms in total. The van der Waals surface area contributed by atoms with E-state index in [1.54, 1.807) is 24.4 Å². The second kappa shape index (κ2) is 7.79. The summed E-state index contributed by atoms with van der Waals surface area (Å²) in [6, 6.07) is 16.0. The van der Waals surface area contributed by atoms with E-state index in [1.165, 1.54) is 4.90 Å². The highest BCUT2D eigenvalue weighted by molar-refractivity contribution is 6.02. The lowest BCUT2D eigenvalue weighted by atomic mass is 10.0. The first-order valence-corrected chi connectivity index (χ1v) is 9.35. The van der Waals surface area contributed by atoms with Crippen molar-refractivity contribution in [1.82, 2.24) is 19.4 Å². The number of rotatable bonds is 6. The summed E-state index contributed by atoms with van der Waals surface area (Å²) in [4.78, 5) is 33.6. The van der Waals surface area contributed by atoms with Gasteiger partial charge in [-0.1, -0.05) is 48.5 Å². The normalized spacial score (nSPS) is 15.1. The van der Waals surface area contributed by atoms with Gasteiger partial charge in [0.05, 0.1) is 7.11 Å². The van der Waals surface area contributed by atoms with Crippen LogP contribution in [0.5, 0.6) is 5.75 Å². The van der Waals surface area contributed by atoms with Crippen molar-refractivity contribution in [2.24, 2.45) is 7.05 Å². The SMILES string of the molecule is COc1ccccc1[C@@H](c1nccn1C)N1C(=O)CN(Cc2ccccc2)C1=O. The van der Waals surface area contributed by atoms with Crippen LogP contribution in [0.3, 0.4) is 0 Å². The van der Waals surface area contributed by atoms with E-state index in [9.17, 15) is 9.59 Å². The number of carbonyl (C=O) groups is 2. The van der Waals surface area contributed by atoms with E-state index in [-0.39, 0.29) is 18.5 Å². The summed E-state index contributed by atoms with van der Waals surface area (Å²) >= 11 is 0. The Balaban J connectivity index is 1.74. The second-order valence-corrected chi connectivity index (χ2v) is 6.93. The molecule has 3 aromatic rings. The number of ether oxygens (including phenoxy) is 1. The topological polar surface area (TPSA) is 67.7 Å². The Morgan fingerprint density at radius 2 is 1.79 bits per heavy atom. The number of aromatic nitrogens is 2. The fraction of sp³-hybridized carbons (Fsp3) is 0.227. The summed E-state index contributed by atoms with van der Waals surface area (Å²) in [5, 5.41) is 0. The Morgan fingerprint density at radius 1 is 1.07 bits per heavy atom. The zero-order valence-corrected chi connectivity index (χ0v) is 16.4. The van der Waals surface area contributed by atoms with Crippen LogP contribution >= 0.6 is 0 Å². The lowest BCUT2D eigenvalue weighted by molar-refractivity contribution is -0.126. The summed E-state index contributed by atoms with van der Waals surface area (Å²) < 4.78 is 7.33. The summed E-state index contributed by atoms with van der Waals surface area (Å²) in [5.74, 6) is 0.935. The average Bonchev–Trinajstić information content (AvgIpc) is 3.28. The van der Waals surface area contributed by atoms with Gasteiger partial charge in [0.2, 0.25) is 0 Å². The third-order valence-corrected chi connectivity index (χ3v) is 5.08. The number of para-hydroxylation sites is 1. The van der Waals surface area contributed by atoms with Gasteiger partial charge in [0, 0.05) is 31.5 Å². The third-order valence-electron chi connectivity index (χ3n) is 5.08. The predicted molar refractivity (Wildman–Crippen MR) is 107 cm³/mol. The number of benzene rings is 2. The molecule has 1 aliphatic heterocycles. The standard InChI is InChI=1S/C22H22N4O3/c1-24-13-12-23-21(24)20(17-10-6-7-11-18(17)29-2)26-19(27)15-25(22(26)28)14-16-8-4-3-5-9-16/h3-13,20H,14-15H2,1-2H3/t20-/m0/s1. The fourth-order valence-electron chi connectivity index (χ4n) is 3.67. The largest absolute Gasteiger partial charge is 0.496 e. The van der Waals surface area contributed by atoms with Gasteiger partial charge in [-0.25, -0.2) is 14.7 Å². The molecule has 1 saturated heterocycles. The lowest BCUT2D eigenvalue weighted by Gasteiger charge is -2.27. The number of hydrogen-bond acceptors (Lipinski definition) is 4. The molecule has 29 heavy (non-hydrogen) atoms. The molecular formula is C22H22N4O3. The monoisotopic (exact) mass is 390 g/mol. The second-order valence-electron chi connectivity index (χ2n) is 6.93. The van der Waals surface area contributed by atoms with Crippen LogP contribution < -0.4 is 4.74 Å². The first-order chi connectivity index (χ1) is 14.1. The van der Waals surface area contributed by atoms with Crippen molar-refractivity contribution in [1.29, 1.82) is 0 Å². The zero-order valence-electron chi connectivity index (χ0n) is 16.4. The summed E-state index contributed by atoms with van der Waals surface area (Å²) in [6.07, 6.45) is 3.45. The molecule has 1 atom stereocenters. The highest BCUT2D eigenvalue weighted by atomic mass is 16.5. The minimum absolute atomic E-state index is 0.0315. The molecule has 2 aromatic carbocycles. The molecule has 4 rings (SSSR count). The van der Waals surface area contributed by atoms with Crippen LogP contribution in [0.15, 0.2) is 67.0 Å². The number of amides is 3. The number of carbonyl (C=O) groups excluding carboxylic acids is 2. The third kappa shape index (κ3) is 3.47. The van der Waals surface area contributed by atoms with Crippen LogP contribution in [-0.2, 0) is 18.4 Å². The molecule has 0 bridgehead atoms. The molecule has 1 aromatic heterocycles. The van der Waals surface area contributed by atoms with Crippen molar-refractivity contribution in [3.8, 4) is 5.75 Å². The van der Waals surface area contributed by atoms with Crippen molar-refractivity contribution < 1.29 is 14.3 Å². The minimum atomic E-state index is -0.674. The van der Waals surface area contributed by atoms with E-state index in [0.717, 1.165) is 5.56 Å². The van der Waals surface area contributed by atoms with Crippen LogP contribution in [-0.4, -0.2) is 44.9 Å². The van der Waals surface area contributed by atoms with Crippen molar-refractivity contribution in [2.45, 2.75) is 12.6 Å². The Hall–Kier alpha value is -3.61.